The highest BCUT2D eigenvalue weighted by atomic mass is 32.2. The number of nitrogens with one attached hydrogen (secondary N) is 2. The SMILES string of the molecule is N#Cc1c(NS(=O)(=O)N2CC[C@@H](F)C2)ccc(F)c1Oc1ccc2ncn(-c3ccc(N4CCN(CC5CC6(C5)CN(c5ccc7c(c5)CN([C@H]5CCC(=O)NC5=O)C7=O)C6)CC4)cc3)c(=O)c2c1. The quantitative estimate of drug-likeness (QED) is 0.174. The van der Waals surface area contributed by atoms with Crippen LogP contribution in [0.2, 0.25) is 0 Å². The first-order chi connectivity index (χ1) is 33.2. The molecule has 4 aromatic carbocycles. The molecule has 1 saturated carbocycles. The highest BCUT2D eigenvalue weighted by Gasteiger charge is 2.52. The van der Waals surface area contributed by atoms with Gasteiger partial charge in [0.2, 0.25) is 11.8 Å². The number of fused-ring (bicyclic) bond motifs is 2. The molecular weight excluding hydrogens is 911 g/mol. The zero-order valence-electron chi connectivity index (χ0n) is 37.4. The minimum atomic E-state index is -4.24. The molecule has 1 spiro atoms. The number of piperidine rings is 1. The molecule has 20 heteroatoms. The van der Waals surface area contributed by atoms with Gasteiger partial charge in [0.1, 0.15) is 35.9 Å². The second-order valence-electron chi connectivity index (χ2n) is 19.1. The number of aromatic nitrogens is 2. The Labute approximate surface area is 396 Å². The van der Waals surface area contributed by atoms with Crippen LogP contribution in [-0.4, -0.2) is 121 Å². The second-order valence-corrected chi connectivity index (χ2v) is 20.8. The predicted octanol–water partition coefficient (Wildman–Crippen LogP) is 4.69. The monoisotopic (exact) mass is 958 g/mol. The van der Waals surface area contributed by atoms with Crippen molar-refractivity contribution in [2.75, 3.05) is 73.4 Å². The smallest absolute Gasteiger partial charge is 0.301 e. The number of anilines is 3. The number of hydrogen-bond acceptors (Lipinski definition) is 12. The van der Waals surface area contributed by atoms with Crippen molar-refractivity contribution in [2.24, 2.45) is 11.3 Å². The number of nitriles is 1. The summed E-state index contributed by atoms with van der Waals surface area (Å²) >= 11 is 0. The number of nitrogens with zero attached hydrogens (tertiary/aromatic N) is 8. The van der Waals surface area contributed by atoms with Crippen LogP contribution >= 0.6 is 0 Å². The van der Waals surface area contributed by atoms with E-state index < -0.39 is 51.0 Å². The highest BCUT2D eigenvalue weighted by Crippen LogP contribution is 2.53. The number of rotatable bonds is 11. The number of halogens is 2. The molecule has 5 fully saturated rings. The van der Waals surface area contributed by atoms with Gasteiger partial charge in [-0.2, -0.15) is 18.0 Å². The normalized spacial score (nSPS) is 21.8. The van der Waals surface area contributed by atoms with E-state index in [0.717, 1.165) is 79.2 Å². The molecule has 1 aromatic heterocycles. The fourth-order valence-corrected chi connectivity index (χ4v) is 12.3. The Morgan fingerprint density at radius 2 is 1.64 bits per heavy atom. The van der Waals surface area contributed by atoms with Crippen LogP contribution in [0, 0.1) is 28.5 Å². The van der Waals surface area contributed by atoms with Gasteiger partial charge in [0.15, 0.2) is 11.6 Å². The van der Waals surface area contributed by atoms with Crippen LogP contribution in [0.5, 0.6) is 11.5 Å². The minimum Gasteiger partial charge on any atom is -0.453 e. The molecule has 69 heavy (non-hydrogen) atoms. The Morgan fingerprint density at radius 3 is 2.36 bits per heavy atom. The Hall–Kier alpha value is -6.95. The molecule has 0 unspecified atom stereocenters. The molecule has 4 saturated heterocycles. The van der Waals surface area contributed by atoms with Crippen LogP contribution in [0.1, 0.15) is 53.6 Å². The zero-order chi connectivity index (χ0) is 47.8. The first kappa shape index (κ1) is 44.5. The Balaban J connectivity index is 0.674. The molecule has 11 rings (SSSR count). The van der Waals surface area contributed by atoms with Crippen LogP contribution in [0.4, 0.5) is 25.8 Å². The topological polar surface area (TPSA) is 194 Å². The van der Waals surface area contributed by atoms with Crippen molar-refractivity contribution in [1.82, 2.24) is 29.0 Å². The number of hydrogen-bond donors (Lipinski definition) is 2. The molecule has 3 amide bonds. The molecular formula is C49H48F2N10O7S. The summed E-state index contributed by atoms with van der Waals surface area (Å²) < 4.78 is 65.2. The van der Waals surface area contributed by atoms with Gasteiger partial charge in [0, 0.05) is 94.2 Å². The van der Waals surface area contributed by atoms with Gasteiger partial charge >= 0.3 is 10.2 Å². The van der Waals surface area contributed by atoms with Crippen molar-refractivity contribution >= 4 is 55.9 Å². The lowest BCUT2D eigenvalue weighted by atomic mass is 9.57. The van der Waals surface area contributed by atoms with E-state index in [2.05, 4.69) is 35.8 Å². The third kappa shape index (κ3) is 8.31. The number of piperazine rings is 1. The molecule has 5 aliphatic heterocycles. The third-order valence-electron chi connectivity index (χ3n) is 14.6. The Morgan fingerprint density at radius 1 is 0.884 bits per heavy atom. The fourth-order valence-electron chi connectivity index (χ4n) is 11.1. The average molecular weight is 959 g/mol. The molecule has 2 atom stereocenters. The van der Waals surface area contributed by atoms with E-state index in [0.29, 0.717) is 41.1 Å². The molecule has 6 heterocycles. The van der Waals surface area contributed by atoms with Crippen LogP contribution in [0.15, 0.2) is 83.9 Å². The maximum Gasteiger partial charge on any atom is 0.301 e. The summed E-state index contributed by atoms with van der Waals surface area (Å²) in [7, 11) is -4.24. The van der Waals surface area contributed by atoms with Crippen molar-refractivity contribution in [3.05, 3.63) is 112 Å². The summed E-state index contributed by atoms with van der Waals surface area (Å²) in [6.07, 6.45) is 3.14. The Kier molecular flexibility index (Phi) is 11.1. The number of amides is 3. The van der Waals surface area contributed by atoms with Gasteiger partial charge in [0.25, 0.3) is 11.5 Å². The molecule has 2 N–H and O–H groups in total. The average Bonchev–Trinajstić information content (AvgIpc) is 3.91. The van der Waals surface area contributed by atoms with E-state index in [1.807, 2.05) is 36.4 Å². The molecule has 0 bridgehead atoms. The number of imide groups is 1. The lowest BCUT2D eigenvalue weighted by Crippen LogP contribution is -2.64. The zero-order valence-corrected chi connectivity index (χ0v) is 38.3. The second kappa shape index (κ2) is 17.2. The summed E-state index contributed by atoms with van der Waals surface area (Å²) in [6.45, 7) is 6.69. The van der Waals surface area contributed by atoms with E-state index >= 15 is 4.39 Å². The van der Waals surface area contributed by atoms with E-state index in [-0.39, 0.29) is 54.6 Å². The number of ether oxygens (including phenoxy) is 1. The number of alkyl halides is 1. The van der Waals surface area contributed by atoms with Crippen LogP contribution in [0.3, 0.4) is 0 Å². The summed E-state index contributed by atoms with van der Waals surface area (Å²) in [6, 6.07) is 21.3. The van der Waals surface area contributed by atoms with E-state index in [1.54, 1.807) is 11.0 Å². The number of benzene rings is 4. The van der Waals surface area contributed by atoms with Gasteiger partial charge < -0.3 is 19.4 Å². The maximum absolute atomic E-state index is 15.2. The van der Waals surface area contributed by atoms with Crippen LogP contribution in [-0.2, 0) is 26.3 Å². The molecule has 17 nitrogen and oxygen atoms in total. The lowest BCUT2D eigenvalue weighted by molar-refractivity contribution is -0.136. The standard InChI is InChI=1S/C49H48F2N10O7S/c50-32-13-14-59(26-32)69(66,67)55-42-10-8-40(51)45(39(42)23-52)68-36-6-9-41-38(20-36)48(65)61(29-53-41)34-3-1-33(2-4-34)57-17-15-56(16-18-57)24-30-21-49(22-30)27-58(28-49)35-5-7-37-31(19-35)25-60(47(37)64)43-11-12-44(62)54-46(43)63/h1-10,19-20,29-30,32,43,55H,11-18,21-22,24-28H2,(H,54,62,63)/t32-,43+/m1/s1. The van der Waals surface area contributed by atoms with Crippen molar-refractivity contribution < 1.29 is 36.3 Å². The first-order valence-electron chi connectivity index (χ1n) is 23.2. The molecule has 6 aliphatic rings. The van der Waals surface area contributed by atoms with Gasteiger partial charge in [-0.25, -0.2) is 13.8 Å². The largest absolute Gasteiger partial charge is 0.453 e. The predicted molar refractivity (Wildman–Crippen MR) is 251 cm³/mol. The number of carbonyl (C=O) groups excluding carboxylic acids is 3. The van der Waals surface area contributed by atoms with Crippen molar-refractivity contribution in [3.63, 3.8) is 0 Å². The van der Waals surface area contributed by atoms with Crippen LogP contribution < -0.4 is 30.1 Å². The lowest BCUT2D eigenvalue weighted by Gasteiger charge is -2.60. The number of carbonyl (C=O) groups is 3. The highest BCUT2D eigenvalue weighted by molar-refractivity contribution is 7.90. The summed E-state index contributed by atoms with van der Waals surface area (Å²) in [5.74, 6) is -1.66. The summed E-state index contributed by atoms with van der Waals surface area (Å²) in [5.41, 5.74) is 3.92. The first-order valence-corrected chi connectivity index (χ1v) is 24.6. The van der Waals surface area contributed by atoms with E-state index in [9.17, 15) is 37.2 Å². The maximum atomic E-state index is 15.2. The van der Waals surface area contributed by atoms with Crippen LogP contribution in [0.25, 0.3) is 16.6 Å². The molecule has 0 radical (unpaired) electrons. The van der Waals surface area contributed by atoms with Gasteiger partial charge in [-0.3, -0.25) is 38.7 Å². The van der Waals surface area contributed by atoms with Gasteiger partial charge in [-0.1, -0.05) is 0 Å². The fraction of sp³-hybridized carbons (Fsp3) is 0.388. The third-order valence-corrected chi connectivity index (χ3v) is 16.1. The van der Waals surface area contributed by atoms with Gasteiger partial charge in [-0.15, -0.1) is 0 Å². The van der Waals surface area contributed by atoms with Crippen molar-refractivity contribution in [1.29, 1.82) is 5.26 Å². The summed E-state index contributed by atoms with van der Waals surface area (Å²) in [4.78, 5) is 64.5. The molecule has 356 valence electrons. The molecule has 1 aliphatic carbocycles. The van der Waals surface area contributed by atoms with Crippen molar-refractivity contribution in [2.45, 2.75) is 50.9 Å². The minimum absolute atomic E-state index is 0.0189. The van der Waals surface area contributed by atoms with Gasteiger partial charge in [0.05, 0.1) is 22.3 Å². The van der Waals surface area contributed by atoms with E-state index in [1.165, 1.54) is 41.9 Å². The van der Waals surface area contributed by atoms with Gasteiger partial charge in [-0.05, 0) is 110 Å². The molecule has 5 aromatic rings. The Bertz CT molecular complexity index is 3140. The summed E-state index contributed by atoms with van der Waals surface area (Å²) in [5, 5.41) is 12.5. The van der Waals surface area contributed by atoms with E-state index in [4.69, 9.17) is 4.74 Å². The van der Waals surface area contributed by atoms with Crippen molar-refractivity contribution in [3.8, 4) is 23.3 Å².